The molecular formula is C16H14Cl2N4O2S. The molecule has 0 saturated carbocycles. The molecule has 0 spiro atoms. The van der Waals surface area contributed by atoms with Gasteiger partial charge in [-0.25, -0.2) is 4.79 Å². The number of hydrogen-bond acceptors (Lipinski definition) is 4. The number of carbonyl (C=O) groups is 2. The van der Waals surface area contributed by atoms with Gasteiger partial charge in [0.2, 0.25) is 5.91 Å². The van der Waals surface area contributed by atoms with Gasteiger partial charge in [-0.1, -0.05) is 41.4 Å². The highest BCUT2D eigenvalue weighted by atomic mass is 35.5. The molecule has 1 aromatic heterocycles. The first-order valence-electron chi connectivity index (χ1n) is 7.14. The van der Waals surface area contributed by atoms with Crippen molar-refractivity contribution >= 4 is 46.5 Å². The number of nitriles is 1. The SMILES string of the molecule is N#CC(NC(=O)CC(NC(N)=O)c1cccs1)c1cccc(Cl)c1Cl. The molecular weight excluding hydrogens is 383 g/mol. The molecule has 6 nitrogen and oxygen atoms in total. The first-order valence-corrected chi connectivity index (χ1v) is 8.78. The minimum Gasteiger partial charge on any atom is -0.352 e. The summed E-state index contributed by atoms with van der Waals surface area (Å²) in [6.45, 7) is 0. The van der Waals surface area contributed by atoms with E-state index in [0.717, 1.165) is 4.88 Å². The van der Waals surface area contributed by atoms with Crippen molar-refractivity contribution in [1.82, 2.24) is 10.6 Å². The Bertz CT molecular complexity index is 805. The number of primary amides is 1. The van der Waals surface area contributed by atoms with Crippen molar-refractivity contribution in [1.29, 1.82) is 5.26 Å². The zero-order chi connectivity index (χ0) is 18.4. The fraction of sp³-hybridized carbons (Fsp3) is 0.188. The summed E-state index contributed by atoms with van der Waals surface area (Å²) in [7, 11) is 0. The predicted molar refractivity (Wildman–Crippen MR) is 97.4 cm³/mol. The Hall–Kier alpha value is -2.27. The highest BCUT2D eigenvalue weighted by Crippen LogP contribution is 2.30. The number of nitrogens with zero attached hydrogens (tertiary/aromatic N) is 1. The van der Waals surface area contributed by atoms with E-state index in [0.29, 0.717) is 10.6 Å². The van der Waals surface area contributed by atoms with Crippen molar-refractivity contribution in [2.45, 2.75) is 18.5 Å². The highest BCUT2D eigenvalue weighted by molar-refractivity contribution is 7.10. The van der Waals surface area contributed by atoms with Crippen LogP contribution in [0.1, 0.15) is 28.9 Å². The molecule has 0 aliphatic carbocycles. The van der Waals surface area contributed by atoms with Crippen LogP contribution in [0.5, 0.6) is 0 Å². The number of carbonyl (C=O) groups excluding carboxylic acids is 2. The topological polar surface area (TPSA) is 108 Å². The molecule has 0 radical (unpaired) electrons. The summed E-state index contributed by atoms with van der Waals surface area (Å²) in [4.78, 5) is 24.3. The van der Waals surface area contributed by atoms with Gasteiger partial charge < -0.3 is 16.4 Å². The van der Waals surface area contributed by atoms with E-state index in [1.807, 2.05) is 11.4 Å². The predicted octanol–water partition coefficient (Wildman–Crippen LogP) is 3.54. The molecule has 1 heterocycles. The van der Waals surface area contributed by atoms with Crippen LogP contribution in [0.25, 0.3) is 0 Å². The van der Waals surface area contributed by atoms with Crippen LogP contribution in [0.15, 0.2) is 35.7 Å². The fourth-order valence-electron chi connectivity index (χ4n) is 2.21. The van der Waals surface area contributed by atoms with Crippen LogP contribution >= 0.6 is 34.5 Å². The Balaban J connectivity index is 2.12. The van der Waals surface area contributed by atoms with Crippen LogP contribution in [-0.2, 0) is 4.79 Å². The Morgan fingerprint density at radius 3 is 2.60 bits per heavy atom. The number of urea groups is 1. The number of hydrogen-bond donors (Lipinski definition) is 3. The van der Waals surface area contributed by atoms with E-state index < -0.39 is 24.0 Å². The monoisotopic (exact) mass is 396 g/mol. The molecule has 0 bridgehead atoms. The van der Waals surface area contributed by atoms with E-state index in [4.69, 9.17) is 28.9 Å². The van der Waals surface area contributed by atoms with Crippen LogP contribution in [0.3, 0.4) is 0 Å². The van der Waals surface area contributed by atoms with Crippen molar-refractivity contribution in [3.8, 4) is 6.07 Å². The average Bonchev–Trinajstić information content (AvgIpc) is 3.09. The third kappa shape index (κ3) is 5.10. The normalized spacial score (nSPS) is 12.7. The molecule has 0 fully saturated rings. The van der Waals surface area contributed by atoms with Gasteiger partial charge in [-0.3, -0.25) is 4.79 Å². The Kier molecular flexibility index (Phi) is 6.65. The van der Waals surface area contributed by atoms with E-state index in [-0.39, 0.29) is 11.4 Å². The summed E-state index contributed by atoms with van der Waals surface area (Å²) in [5.41, 5.74) is 5.57. The second kappa shape index (κ2) is 8.72. The van der Waals surface area contributed by atoms with Gasteiger partial charge in [0.05, 0.1) is 28.6 Å². The second-order valence-electron chi connectivity index (χ2n) is 5.05. The molecule has 3 amide bonds. The maximum absolute atomic E-state index is 12.3. The van der Waals surface area contributed by atoms with Gasteiger partial charge in [-0.15, -0.1) is 11.3 Å². The van der Waals surface area contributed by atoms with Crippen LogP contribution in [0, 0.1) is 11.3 Å². The van der Waals surface area contributed by atoms with Gasteiger partial charge in [-0.05, 0) is 17.5 Å². The maximum atomic E-state index is 12.3. The second-order valence-corrected chi connectivity index (χ2v) is 6.82. The van der Waals surface area contributed by atoms with Gasteiger partial charge in [-0.2, -0.15) is 5.26 Å². The number of nitrogens with two attached hydrogens (primary N) is 1. The van der Waals surface area contributed by atoms with Gasteiger partial charge in [0, 0.05) is 10.4 Å². The van der Waals surface area contributed by atoms with Crippen LogP contribution < -0.4 is 16.4 Å². The van der Waals surface area contributed by atoms with Crippen LogP contribution in [-0.4, -0.2) is 11.9 Å². The molecule has 2 atom stereocenters. The lowest BCUT2D eigenvalue weighted by Crippen LogP contribution is -2.37. The molecule has 1 aromatic carbocycles. The van der Waals surface area contributed by atoms with Gasteiger partial charge >= 0.3 is 6.03 Å². The molecule has 130 valence electrons. The summed E-state index contributed by atoms with van der Waals surface area (Å²) in [5, 5.41) is 16.8. The van der Waals surface area contributed by atoms with Crippen LogP contribution in [0.4, 0.5) is 4.79 Å². The highest BCUT2D eigenvalue weighted by Gasteiger charge is 2.22. The average molecular weight is 397 g/mol. The smallest absolute Gasteiger partial charge is 0.312 e. The Morgan fingerprint density at radius 1 is 1.24 bits per heavy atom. The number of thiophene rings is 1. The summed E-state index contributed by atoms with van der Waals surface area (Å²) in [6, 6.07) is 8.14. The fourth-order valence-corrected chi connectivity index (χ4v) is 3.41. The number of rotatable bonds is 6. The first kappa shape index (κ1) is 19.1. The van der Waals surface area contributed by atoms with Gasteiger partial charge in [0.15, 0.2) is 0 Å². The van der Waals surface area contributed by atoms with Crippen LogP contribution in [0.2, 0.25) is 10.0 Å². The molecule has 2 aromatic rings. The zero-order valence-electron chi connectivity index (χ0n) is 12.8. The zero-order valence-corrected chi connectivity index (χ0v) is 15.2. The summed E-state index contributed by atoms with van der Waals surface area (Å²) >= 11 is 13.4. The lowest BCUT2D eigenvalue weighted by atomic mass is 10.1. The largest absolute Gasteiger partial charge is 0.352 e. The van der Waals surface area contributed by atoms with Crippen molar-refractivity contribution in [3.63, 3.8) is 0 Å². The quantitative estimate of drug-likeness (QED) is 0.694. The van der Waals surface area contributed by atoms with E-state index in [2.05, 4.69) is 10.6 Å². The molecule has 2 unspecified atom stereocenters. The van der Waals surface area contributed by atoms with Gasteiger partial charge in [0.25, 0.3) is 0 Å². The summed E-state index contributed by atoms with van der Waals surface area (Å²) in [6.07, 6.45) is -0.0696. The van der Waals surface area contributed by atoms with E-state index in [1.165, 1.54) is 11.3 Å². The first-order chi connectivity index (χ1) is 11.9. The van der Waals surface area contributed by atoms with E-state index in [9.17, 15) is 14.9 Å². The number of benzene rings is 1. The summed E-state index contributed by atoms with van der Waals surface area (Å²) in [5.74, 6) is -0.435. The van der Waals surface area contributed by atoms with Crippen molar-refractivity contribution < 1.29 is 9.59 Å². The molecule has 0 aliphatic heterocycles. The van der Waals surface area contributed by atoms with Crippen molar-refractivity contribution in [3.05, 3.63) is 56.2 Å². The van der Waals surface area contributed by atoms with E-state index >= 15 is 0 Å². The maximum Gasteiger partial charge on any atom is 0.312 e. The number of amides is 3. The third-order valence-corrected chi connectivity index (χ3v) is 5.14. The molecule has 2 rings (SSSR count). The summed E-state index contributed by atoms with van der Waals surface area (Å²) < 4.78 is 0. The standard InChI is InChI=1S/C16H14Cl2N4O2S/c17-10-4-1-3-9(15(10)18)12(8-19)21-14(23)7-11(22-16(20)24)13-5-2-6-25-13/h1-6,11-12H,7H2,(H,21,23)(H3,20,22,24). The lowest BCUT2D eigenvalue weighted by Gasteiger charge is -2.18. The lowest BCUT2D eigenvalue weighted by molar-refractivity contribution is -0.122. The van der Waals surface area contributed by atoms with Gasteiger partial charge in [0.1, 0.15) is 6.04 Å². The molecule has 4 N–H and O–H groups in total. The Labute approximate surface area is 158 Å². The van der Waals surface area contributed by atoms with Crippen molar-refractivity contribution in [2.24, 2.45) is 5.73 Å². The molecule has 0 aliphatic rings. The minimum atomic E-state index is -0.962. The molecule has 25 heavy (non-hydrogen) atoms. The minimum absolute atomic E-state index is 0.0696. The third-order valence-electron chi connectivity index (χ3n) is 3.32. The molecule has 0 saturated heterocycles. The number of nitrogens with one attached hydrogen (secondary N) is 2. The molecule has 9 heteroatoms. The van der Waals surface area contributed by atoms with E-state index in [1.54, 1.807) is 30.3 Å². The number of halogens is 2. The van der Waals surface area contributed by atoms with Crippen molar-refractivity contribution in [2.75, 3.05) is 0 Å². The Morgan fingerprint density at radius 2 is 2.00 bits per heavy atom.